The lowest BCUT2D eigenvalue weighted by Gasteiger charge is -2.27. The topological polar surface area (TPSA) is 44.4 Å². The summed E-state index contributed by atoms with van der Waals surface area (Å²) in [6, 6.07) is 8.99. The molecule has 1 saturated carbocycles. The summed E-state index contributed by atoms with van der Waals surface area (Å²) in [6.07, 6.45) is 3.61. The van der Waals surface area contributed by atoms with Crippen LogP contribution >= 0.6 is 0 Å². The van der Waals surface area contributed by atoms with Crippen LogP contribution < -0.4 is 15.5 Å². The standard InChI is InChI=1S/C14H19N3O/c18-14-15-7-2-8-17(14)13-4-1-3-11(9-13)10-16-12-5-6-12/h1,3-4,9,12,16H,2,5-8,10H2,(H,15,18). The van der Waals surface area contributed by atoms with Crippen LogP contribution in [-0.2, 0) is 6.54 Å². The Morgan fingerprint density at radius 3 is 3.06 bits per heavy atom. The molecule has 0 atom stereocenters. The van der Waals surface area contributed by atoms with Crippen molar-refractivity contribution in [2.45, 2.75) is 31.8 Å². The van der Waals surface area contributed by atoms with Crippen molar-refractivity contribution in [3.63, 3.8) is 0 Å². The number of hydrogen-bond donors (Lipinski definition) is 2. The summed E-state index contributed by atoms with van der Waals surface area (Å²) in [4.78, 5) is 13.6. The zero-order chi connectivity index (χ0) is 12.4. The first-order valence-corrected chi connectivity index (χ1v) is 6.70. The average molecular weight is 245 g/mol. The molecule has 1 aromatic rings. The Balaban J connectivity index is 1.70. The van der Waals surface area contributed by atoms with Gasteiger partial charge in [0.25, 0.3) is 0 Å². The van der Waals surface area contributed by atoms with Crippen LogP contribution in [0.25, 0.3) is 0 Å². The highest BCUT2D eigenvalue weighted by molar-refractivity contribution is 5.92. The van der Waals surface area contributed by atoms with Gasteiger partial charge >= 0.3 is 6.03 Å². The lowest BCUT2D eigenvalue weighted by Crippen LogP contribution is -2.46. The van der Waals surface area contributed by atoms with Gasteiger partial charge in [-0.1, -0.05) is 12.1 Å². The predicted molar refractivity (Wildman–Crippen MR) is 71.7 cm³/mol. The number of carbonyl (C=O) groups excluding carboxylic acids is 1. The molecule has 0 radical (unpaired) electrons. The van der Waals surface area contributed by atoms with Gasteiger partial charge in [-0.2, -0.15) is 0 Å². The van der Waals surface area contributed by atoms with E-state index in [1.807, 2.05) is 17.0 Å². The fourth-order valence-electron chi connectivity index (χ4n) is 2.26. The molecule has 4 heteroatoms. The van der Waals surface area contributed by atoms with E-state index in [-0.39, 0.29) is 6.03 Å². The highest BCUT2D eigenvalue weighted by Crippen LogP contribution is 2.21. The van der Waals surface area contributed by atoms with Gasteiger partial charge in [0, 0.05) is 31.4 Å². The Morgan fingerprint density at radius 2 is 2.28 bits per heavy atom. The molecule has 1 heterocycles. The molecule has 2 fully saturated rings. The smallest absolute Gasteiger partial charge is 0.321 e. The van der Waals surface area contributed by atoms with Crippen molar-refractivity contribution in [2.24, 2.45) is 0 Å². The Labute approximate surface area is 107 Å². The number of carbonyl (C=O) groups is 1. The number of nitrogens with one attached hydrogen (secondary N) is 2. The molecule has 0 bridgehead atoms. The van der Waals surface area contributed by atoms with E-state index in [1.54, 1.807) is 0 Å². The van der Waals surface area contributed by atoms with Crippen LogP contribution in [0.5, 0.6) is 0 Å². The van der Waals surface area contributed by atoms with Crippen molar-refractivity contribution in [1.82, 2.24) is 10.6 Å². The second kappa shape index (κ2) is 4.98. The molecule has 2 aliphatic rings. The molecule has 1 aliphatic heterocycles. The molecular weight excluding hydrogens is 226 g/mol. The fourth-order valence-corrected chi connectivity index (χ4v) is 2.26. The predicted octanol–water partition coefficient (Wildman–Crippen LogP) is 1.86. The summed E-state index contributed by atoms with van der Waals surface area (Å²) in [5.41, 5.74) is 2.25. The first-order chi connectivity index (χ1) is 8.83. The molecule has 18 heavy (non-hydrogen) atoms. The highest BCUT2D eigenvalue weighted by atomic mass is 16.2. The van der Waals surface area contributed by atoms with Crippen molar-refractivity contribution in [3.05, 3.63) is 29.8 Å². The number of anilines is 1. The summed E-state index contributed by atoms with van der Waals surface area (Å²) >= 11 is 0. The van der Waals surface area contributed by atoms with Crippen LogP contribution in [0.15, 0.2) is 24.3 Å². The second-order valence-corrected chi connectivity index (χ2v) is 5.06. The van der Waals surface area contributed by atoms with Gasteiger partial charge in [0.1, 0.15) is 0 Å². The molecule has 0 aromatic heterocycles. The number of nitrogens with zero attached hydrogens (tertiary/aromatic N) is 1. The van der Waals surface area contributed by atoms with Crippen molar-refractivity contribution >= 4 is 11.7 Å². The quantitative estimate of drug-likeness (QED) is 0.850. The van der Waals surface area contributed by atoms with E-state index >= 15 is 0 Å². The van der Waals surface area contributed by atoms with Gasteiger partial charge in [-0.05, 0) is 37.0 Å². The van der Waals surface area contributed by atoms with Crippen LogP contribution in [0.1, 0.15) is 24.8 Å². The minimum absolute atomic E-state index is 0.0218. The van der Waals surface area contributed by atoms with E-state index in [0.29, 0.717) is 6.04 Å². The maximum absolute atomic E-state index is 11.8. The summed E-state index contributed by atoms with van der Waals surface area (Å²) in [5.74, 6) is 0. The molecule has 0 unspecified atom stereocenters. The third-order valence-electron chi connectivity index (χ3n) is 3.47. The van der Waals surface area contributed by atoms with Gasteiger partial charge in [0.05, 0.1) is 0 Å². The zero-order valence-electron chi connectivity index (χ0n) is 10.5. The highest BCUT2D eigenvalue weighted by Gasteiger charge is 2.21. The van der Waals surface area contributed by atoms with E-state index in [0.717, 1.165) is 31.7 Å². The van der Waals surface area contributed by atoms with Gasteiger partial charge < -0.3 is 10.6 Å². The number of urea groups is 1. The van der Waals surface area contributed by atoms with E-state index in [4.69, 9.17) is 0 Å². The molecular formula is C14H19N3O. The van der Waals surface area contributed by atoms with E-state index in [9.17, 15) is 4.79 Å². The maximum atomic E-state index is 11.8. The van der Waals surface area contributed by atoms with Crippen molar-refractivity contribution in [1.29, 1.82) is 0 Å². The number of rotatable bonds is 4. The summed E-state index contributed by atoms with van der Waals surface area (Å²) in [7, 11) is 0. The number of hydrogen-bond acceptors (Lipinski definition) is 2. The minimum Gasteiger partial charge on any atom is -0.338 e. The Hall–Kier alpha value is -1.55. The van der Waals surface area contributed by atoms with Crippen LogP contribution in [0.2, 0.25) is 0 Å². The molecule has 4 nitrogen and oxygen atoms in total. The fraction of sp³-hybridized carbons (Fsp3) is 0.500. The van der Waals surface area contributed by atoms with Crippen LogP contribution in [0, 0.1) is 0 Å². The normalized spacial score (nSPS) is 19.8. The molecule has 96 valence electrons. The molecule has 1 aromatic carbocycles. The van der Waals surface area contributed by atoms with Crippen molar-refractivity contribution in [3.8, 4) is 0 Å². The molecule has 1 aliphatic carbocycles. The van der Waals surface area contributed by atoms with Gasteiger partial charge in [-0.25, -0.2) is 4.79 Å². The van der Waals surface area contributed by atoms with Gasteiger partial charge in [-0.15, -0.1) is 0 Å². The van der Waals surface area contributed by atoms with Gasteiger partial charge in [-0.3, -0.25) is 4.90 Å². The summed E-state index contributed by atoms with van der Waals surface area (Å²) in [5, 5.41) is 6.38. The first-order valence-electron chi connectivity index (χ1n) is 6.70. The van der Waals surface area contributed by atoms with Gasteiger partial charge in [0.15, 0.2) is 0 Å². The number of benzene rings is 1. The summed E-state index contributed by atoms with van der Waals surface area (Å²) < 4.78 is 0. The Morgan fingerprint density at radius 1 is 1.39 bits per heavy atom. The minimum atomic E-state index is 0.0218. The lowest BCUT2D eigenvalue weighted by molar-refractivity contribution is 0.243. The molecule has 2 amide bonds. The Bertz CT molecular complexity index is 442. The first kappa shape index (κ1) is 11.5. The third-order valence-corrected chi connectivity index (χ3v) is 3.47. The summed E-state index contributed by atoms with van der Waals surface area (Å²) in [6.45, 7) is 2.50. The SMILES string of the molecule is O=C1NCCCN1c1cccc(CNC2CC2)c1. The lowest BCUT2D eigenvalue weighted by atomic mass is 10.1. The van der Waals surface area contributed by atoms with Crippen LogP contribution in [0.3, 0.4) is 0 Å². The van der Waals surface area contributed by atoms with E-state index in [1.165, 1.54) is 18.4 Å². The maximum Gasteiger partial charge on any atom is 0.321 e. The third kappa shape index (κ3) is 2.64. The van der Waals surface area contributed by atoms with E-state index < -0.39 is 0 Å². The number of amides is 2. The van der Waals surface area contributed by atoms with Crippen LogP contribution in [0.4, 0.5) is 10.5 Å². The molecule has 2 N–H and O–H groups in total. The van der Waals surface area contributed by atoms with Crippen molar-refractivity contribution in [2.75, 3.05) is 18.0 Å². The largest absolute Gasteiger partial charge is 0.338 e. The average Bonchev–Trinajstić information content (AvgIpc) is 3.21. The molecule has 1 saturated heterocycles. The monoisotopic (exact) mass is 245 g/mol. The van der Waals surface area contributed by atoms with Crippen LogP contribution in [-0.4, -0.2) is 25.2 Å². The van der Waals surface area contributed by atoms with E-state index in [2.05, 4.69) is 22.8 Å². The zero-order valence-corrected chi connectivity index (χ0v) is 10.5. The second-order valence-electron chi connectivity index (χ2n) is 5.06. The molecule has 3 rings (SSSR count). The van der Waals surface area contributed by atoms with Crippen molar-refractivity contribution < 1.29 is 4.79 Å². The Kier molecular flexibility index (Phi) is 3.19. The van der Waals surface area contributed by atoms with Gasteiger partial charge in [0.2, 0.25) is 0 Å². The molecule has 0 spiro atoms.